The fourth-order valence-corrected chi connectivity index (χ4v) is 6.31. The van der Waals surface area contributed by atoms with E-state index in [1.54, 1.807) is 19.1 Å². The highest BCUT2D eigenvalue weighted by Gasteiger charge is 2.31. The van der Waals surface area contributed by atoms with Gasteiger partial charge in [0.05, 0.1) is 21.8 Å². The number of halogens is 1. The monoisotopic (exact) mass is 449 g/mol. The lowest BCUT2D eigenvalue weighted by molar-refractivity contribution is 0.412. The van der Waals surface area contributed by atoms with Crippen LogP contribution in [0.3, 0.4) is 0 Å². The summed E-state index contributed by atoms with van der Waals surface area (Å²) in [6.45, 7) is 1.76. The SMILES string of the molecule is COc1ccc(S(=O)(=O)c2ccc(C(C)N)cc2)c(S(=O)(=O)c2ccccc2F)c1. The van der Waals surface area contributed by atoms with Crippen LogP contribution in [0.2, 0.25) is 0 Å². The van der Waals surface area contributed by atoms with Crippen LogP contribution in [-0.4, -0.2) is 23.9 Å². The average molecular weight is 450 g/mol. The predicted molar refractivity (Wildman–Crippen MR) is 109 cm³/mol. The molecule has 6 nitrogen and oxygen atoms in total. The molecule has 0 fully saturated rings. The Morgan fingerprint density at radius 2 is 1.47 bits per heavy atom. The van der Waals surface area contributed by atoms with Crippen LogP contribution in [0.1, 0.15) is 18.5 Å². The van der Waals surface area contributed by atoms with Crippen LogP contribution in [0, 0.1) is 5.82 Å². The van der Waals surface area contributed by atoms with Crippen molar-refractivity contribution in [3.05, 3.63) is 78.1 Å². The van der Waals surface area contributed by atoms with Gasteiger partial charge in [0.15, 0.2) is 0 Å². The number of methoxy groups -OCH3 is 1. The molecule has 0 aromatic heterocycles. The van der Waals surface area contributed by atoms with Crippen LogP contribution in [0.25, 0.3) is 0 Å². The molecule has 3 aromatic rings. The molecule has 0 saturated heterocycles. The highest BCUT2D eigenvalue weighted by molar-refractivity contribution is 7.94. The minimum absolute atomic E-state index is 0.109. The fourth-order valence-electron chi connectivity index (χ4n) is 2.91. The van der Waals surface area contributed by atoms with Gasteiger partial charge in [0, 0.05) is 12.1 Å². The maximum Gasteiger partial charge on any atom is 0.210 e. The van der Waals surface area contributed by atoms with Crippen LogP contribution < -0.4 is 10.5 Å². The molecule has 0 heterocycles. The Labute approximate surface area is 175 Å². The Bertz CT molecular complexity index is 1290. The number of benzene rings is 3. The molecule has 30 heavy (non-hydrogen) atoms. The van der Waals surface area contributed by atoms with Gasteiger partial charge in [-0.05, 0) is 48.9 Å². The van der Waals surface area contributed by atoms with E-state index in [2.05, 4.69) is 0 Å². The van der Waals surface area contributed by atoms with Gasteiger partial charge in [0.25, 0.3) is 0 Å². The highest BCUT2D eigenvalue weighted by atomic mass is 32.2. The summed E-state index contributed by atoms with van der Waals surface area (Å²) in [7, 11) is -7.42. The standard InChI is InChI=1S/C21H20FNO5S2/c1-14(23)15-7-10-17(11-8-15)29(24,25)20-12-9-16(28-2)13-21(20)30(26,27)19-6-4-3-5-18(19)22/h3-14H,23H2,1-2H3. The molecule has 0 saturated carbocycles. The smallest absolute Gasteiger partial charge is 0.210 e. The van der Waals surface area contributed by atoms with Crippen molar-refractivity contribution in [3.8, 4) is 5.75 Å². The van der Waals surface area contributed by atoms with Gasteiger partial charge in [-0.1, -0.05) is 24.3 Å². The zero-order chi connectivity index (χ0) is 22.1. The fraction of sp³-hybridized carbons (Fsp3) is 0.143. The number of ether oxygens (including phenoxy) is 1. The Hall–Kier alpha value is -2.75. The molecule has 1 unspecified atom stereocenters. The zero-order valence-corrected chi connectivity index (χ0v) is 17.9. The van der Waals surface area contributed by atoms with Gasteiger partial charge in [0.2, 0.25) is 19.7 Å². The molecule has 0 aliphatic heterocycles. The quantitative estimate of drug-likeness (QED) is 0.618. The third kappa shape index (κ3) is 3.96. The first-order valence-corrected chi connectivity index (χ1v) is 11.8. The van der Waals surface area contributed by atoms with E-state index in [9.17, 15) is 21.2 Å². The predicted octanol–water partition coefficient (Wildman–Crippen LogP) is 3.52. The Morgan fingerprint density at radius 3 is 2.03 bits per heavy atom. The minimum Gasteiger partial charge on any atom is -0.497 e. The largest absolute Gasteiger partial charge is 0.497 e. The Balaban J connectivity index is 2.25. The molecule has 0 aliphatic carbocycles. The van der Waals surface area contributed by atoms with E-state index in [-0.39, 0.29) is 16.7 Å². The van der Waals surface area contributed by atoms with E-state index in [1.165, 1.54) is 37.4 Å². The van der Waals surface area contributed by atoms with E-state index in [0.717, 1.165) is 29.8 Å². The second-order valence-corrected chi connectivity index (χ2v) is 10.4. The van der Waals surface area contributed by atoms with Gasteiger partial charge in [-0.2, -0.15) is 0 Å². The third-order valence-corrected chi connectivity index (χ3v) is 8.36. The highest BCUT2D eigenvalue weighted by Crippen LogP contribution is 2.34. The Kier molecular flexibility index (Phi) is 5.98. The first-order chi connectivity index (χ1) is 14.1. The molecular weight excluding hydrogens is 429 g/mol. The topological polar surface area (TPSA) is 104 Å². The lowest BCUT2D eigenvalue weighted by atomic mass is 10.1. The molecule has 0 radical (unpaired) electrons. The summed E-state index contributed by atoms with van der Waals surface area (Å²) >= 11 is 0. The van der Waals surface area contributed by atoms with E-state index < -0.39 is 40.2 Å². The molecule has 0 spiro atoms. The summed E-state index contributed by atoms with van der Waals surface area (Å²) in [5.74, 6) is -0.860. The lowest BCUT2D eigenvalue weighted by Gasteiger charge is -2.14. The summed E-state index contributed by atoms with van der Waals surface area (Å²) in [6, 6.07) is 13.9. The van der Waals surface area contributed by atoms with Crippen LogP contribution in [0.15, 0.2) is 86.3 Å². The van der Waals surface area contributed by atoms with Crippen molar-refractivity contribution in [2.45, 2.75) is 32.5 Å². The van der Waals surface area contributed by atoms with Gasteiger partial charge in [-0.25, -0.2) is 21.2 Å². The van der Waals surface area contributed by atoms with Crippen molar-refractivity contribution in [1.29, 1.82) is 0 Å². The van der Waals surface area contributed by atoms with Gasteiger partial charge < -0.3 is 10.5 Å². The zero-order valence-electron chi connectivity index (χ0n) is 16.2. The van der Waals surface area contributed by atoms with Crippen LogP contribution >= 0.6 is 0 Å². The molecule has 0 bridgehead atoms. The molecule has 158 valence electrons. The van der Waals surface area contributed by atoms with Gasteiger partial charge in [0.1, 0.15) is 16.5 Å². The second kappa shape index (κ2) is 8.17. The lowest BCUT2D eigenvalue weighted by Crippen LogP contribution is -2.12. The molecule has 1 atom stereocenters. The number of nitrogens with two attached hydrogens (primary N) is 1. The van der Waals surface area contributed by atoms with Crippen LogP contribution in [0.4, 0.5) is 4.39 Å². The van der Waals surface area contributed by atoms with E-state index in [1.807, 2.05) is 0 Å². The van der Waals surface area contributed by atoms with Gasteiger partial charge in [-0.15, -0.1) is 0 Å². The van der Waals surface area contributed by atoms with Crippen molar-refractivity contribution < 1.29 is 26.0 Å². The summed E-state index contributed by atoms with van der Waals surface area (Å²) in [4.78, 5) is -1.77. The molecule has 9 heteroatoms. The van der Waals surface area contributed by atoms with Crippen molar-refractivity contribution >= 4 is 19.7 Å². The third-order valence-electron chi connectivity index (χ3n) is 4.57. The molecule has 3 aromatic carbocycles. The van der Waals surface area contributed by atoms with Crippen molar-refractivity contribution in [2.24, 2.45) is 5.73 Å². The normalized spacial score (nSPS) is 13.1. The second-order valence-electron chi connectivity index (χ2n) is 6.61. The minimum atomic E-state index is -4.50. The van der Waals surface area contributed by atoms with Crippen molar-refractivity contribution in [3.63, 3.8) is 0 Å². The Morgan fingerprint density at radius 1 is 0.833 bits per heavy atom. The van der Waals surface area contributed by atoms with Crippen LogP contribution in [-0.2, 0) is 19.7 Å². The summed E-state index contributed by atoms with van der Waals surface area (Å²) in [5.41, 5.74) is 6.52. The first-order valence-electron chi connectivity index (χ1n) is 8.87. The molecule has 0 amide bonds. The van der Waals surface area contributed by atoms with E-state index in [0.29, 0.717) is 0 Å². The number of sulfone groups is 2. The van der Waals surface area contributed by atoms with Crippen molar-refractivity contribution in [1.82, 2.24) is 0 Å². The summed E-state index contributed by atoms with van der Waals surface area (Å²) < 4.78 is 72.2. The summed E-state index contributed by atoms with van der Waals surface area (Å²) in [5, 5.41) is 0. The van der Waals surface area contributed by atoms with Gasteiger partial charge in [-0.3, -0.25) is 0 Å². The van der Waals surface area contributed by atoms with Gasteiger partial charge >= 0.3 is 0 Å². The van der Waals surface area contributed by atoms with E-state index >= 15 is 0 Å². The maximum atomic E-state index is 14.3. The van der Waals surface area contributed by atoms with E-state index in [4.69, 9.17) is 10.5 Å². The van der Waals surface area contributed by atoms with Crippen LogP contribution in [0.5, 0.6) is 5.75 Å². The number of rotatable bonds is 6. The first kappa shape index (κ1) is 21.9. The molecule has 0 aliphatic rings. The number of hydrogen-bond donors (Lipinski definition) is 1. The maximum absolute atomic E-state index is 14.3. The molecular formula is C21H20FNO5S2. The average Bonchev–Trinajstić information content (AvgIpc) is 2.73. The molecule has 3 rings (SSSR count). The van der Waals surface area contributed by atoms with Crippen molar-refractivity contribution in [2.75, 3.05) is 7.11 Å². The molecule has 2 N–H and O–H groups in total. The summed E-state index contributed by atoms with van der Waals surface area (Å²) in [6.07, 6.45) is 0. The number of hydrogen-bond acceptors (Lipinski definition) is 6.